The summed E-state index contributed by atoms with van der Waals surface area (Å²) in [5.74, 6) is -2.78. The van der Waals surface area contributed by atoms with E-state index >= 15 is 0 Å². The third-order valence-corrected chi connectivity index (χ3v) is 6.87. The number of ether oxygens (including phenoxy) is 2. The third-order valence-electron chi connectivity index (χ3n) is 6.87. The maximum absolute atomic E-state index is 13.7. The number of aliphatic carboxylic acids is 1. The Hall–Kier alpha value is -3.16. The van der Waals surface area contributed by atoms with E-state index in [4.69, 9.17) is 9.47 Å². The quantitative estimate of drug-likeness (QED) is 0.628. The molecule has 1 aliphatic heterocycles. The van der Waals surface area contributed by atoms with Crippen molar-refractivity contribution < 1.29 is 33.0 Å². The van der Waals surface area contributed by atoms with Crippen LogP contribution in [0.3, 0.4) is 0 Å². The molecule has 4 rings (SSSR count). The van der Waals surface area contributed by atoms with Crippen LogP contribution in [-0.4, -0.2) is 48.7 Å². The Bertz CT molecular complexity index is 1040. The predicted molar refractivity (Wildman–Crippen MR) is 122 cm³/mol. The largest absolute Gasteiger partial charge is 0.496 e. The molecule has 1 amide bonds. The van der Waals surface area contributed by atoms with Gasteiger partial charge in [0.15, 0.2) is 11.6 Å². The summed E-state index contributed by atoms with van der Waals surface area (Å²) < 4.78 is 38.3. The van der Waals surface area contributed by atoms with Gasteiger partial charge >= 0.3 is 5.97 Å². The molecule has 1 saturated carbocycles. The van der Waals surface area contributed by atoms with Crippen LogP contribution < -0.4 is 9.47 Å². The number of carboxylic acids is 1. The highest BCUT2D eigenvalue weighted by Gasteiger charge is 2.40. The van der Waals surface area contributed by atoms with Crippen LogP contribution in [0.4, 0.5) is 8.78 Å². The van der Waals surface area contributed by atoms with E-state index in [-0.39, 0.29) is 17.6 Å². The van der Waals surface area contributed by atoms with Crippen LogP contribution in [0.1, 0.15) is 32.1 Å². The van der Waals surface area contributed by atoms with Gasteiger partial charge < -0.3 is 19.5 Å². The minimum absolute atomic E-state index is 0.0422. The summed E-state index contributed by atoms with van der Waals surface area (Å²) in [7, 11) is 1.40. The molecule has 3 atom stereocenters. The van der Waals surface area contributed by atoms with Crippen molar-refractivity contribution >= 4 is 11.9 Å². The maximum atomic E-state index is 13.7. The number of methoxy groups -OCH3 is 1. The first-order chi connectivity index (χ1) is 16.4. The molecule has 0 bridgehead atoms. The molecule has 6 nitrogen and oxygen atoms in total. The van der Waals surface area contributed by atoms with Crippen LogP contribution in [0.25, 0.3) is 11.1 Å². The fourth-order valence-corrected chi connectivity index (χ4v) is 5.05. The van der Waals surface area contributed by atoms with Crippen molar-refractivity contribution in [2.75, 3.05) is 26.8 Å². The number of halogens is 2. The van der Waals surface area contributed by atoms with Gasteiger partial charge in [-0.05, 0) is 49.4 Å². The number of carbonyl (C=O) groups is 2. The molecule has 1 saturated heterocycles. The Labute approximate surface area is 197 Å². The van der Waals surface area contributed by atoms with Crippen molar-refractivity contribution in [3.05, 3.63) is 48.0 Å². The van der Waals surface area contributed by atoms with E-state index < -0.39 is 29.4 Å². The number of piperidine rings is 1. The van der Waals surface area contributed by atoms with Gasteiger partial charge in [-0.3, -0.25) is 9.59 Å². The normalized spacial score (nSPS) is 22.4. The third kappa shape index (κ3) is 5.16. The smallest absolute Gasteiger partial charge is 0.307 e. The average Bonchev–Trinajstić information content (AvgIpc) is 3.35. The van der Waals surface area contributed by atoms with Gasteiger partial charge in [0.1, 0.15) is 11.5 Å². The topological polar surface area (TPSA) is 76.1 Å². The SMILES string of the molecule is COc1cc(F)c(F)cc1-c1ccc(OCC2CCCN(C(=O)[C@H]3CCC[C@@H]3C(=O)O)C2)cc1. The lowest BCUT2D eigenvalue weighted by Crippen LogP contribution is -2.45. The summed E-state index contributed by atoms with van der Waals surface area (Å²) >= 11 is 0. The predicted octanol–water partition coefficient (Wildman–Crippen LogP) is 4.76. The van der Waals surface area contributed by atoms with Gasteiger partial charge in [-0.2, -0.15) is 0 Å². The number of carbonyl (C=O) groups excluding carboxylic acids is 1. The zero-order valence-corrected chi connectivity index (χ0v) is 19.1. The molecular formula is C26H29F2NO5. The van der Waals surface area contributed by atoms with E-state index in [2.05, 4.69) is 0 Å². The summed E-state index contributed by atoms with van der Waals surface area (Å²) in [6, 6.07) is 9.17. The maximum Gasteiger partial charge on any atom is 0.307 e. The van der Waals surface area contributed by atoms with Crippen LogP contribution in [-0.2, 0) is 9.59 Å². The number of amides is 1. The van der Waals surface area contributed by atoms with Crippen LogP contribution in [0.15, 0.2) is 36.4 Å². The Morgan fingerprint density at radius 2 is 1.74 bits per heavy atom. The van der Waals surface area contributed by atoms with Gasteiger partial charge in [-0.1, -0.05) is 18.6 Å². The molecule has 1 heterocycles. The summed E-state index contributed by atoms with van der Waals surface area (Å²) in [4.78, 5) is 26.2. The lowest BCUT2D eigenvalue weighted by Gasteiger charge is -2.35. The lowest BCUT2D eigenvalue weighted by atomic mass is 9.92. The number of benzene rings is 2. The fraction of sp³-hybridized carbons (Fsp3) is 0.462. The Morgan fingerprint density at radius 3 is 2.44 bits per heavy atom. The molecule has 182 valence electrons. The molecule has 1 unspecified atom stereocenters. The molecule has 1 aliphatic carbocycles. The van der Waals surface area contributed by atoms with E-state index in [0.717, 1.165) is 31.4 Å². The highest BCUT2D eigenvalue weighted by atomic mass is 19.2. The molecule has 0 spiro atoms. The van der Waals surface area contributed by atoms with E-state index in [1.54, 1.807) is 24.3 Å². The number of nitrogens with zero attached hydrogens (tertiary/aromatic N) is 1. The molecule has 2 aliphatic rings. The monoisotopic (exact) mass is 473 g/mol. The summed E-state index contributed by atoms with van der Waals surface area (Å²) in [6.07, 6.45) is 3.78. The molecule has 0 aromatic heterocycles. The second-order valence-corrected chi connectivity index (χ2v) is 9.08. The summed E-state index contributed by atoms with van der Waals surface area (Å²) in [5.41, 5.74) is 1.11. The second-order valence-electron chi connectivity index (χ2n) is 9.08. The van der Waals surface area contributed by atoms with Crippen molar-refractivity contribution in [3.8, 4) is 22.6 Å². The first kappa shape index (κ1) is 24.0. The van der Waals surface area contributed by atoms with Gasteiger partial charge in [-0.15, -0.1) is 0 Å². The van der Waals surface area contributed by atoms with Gasteiger partial charge in [0, 0.05) is 30.6 Å². The Balaban J connectivity index is 1.35. The lowest BCUT2D eigenvalue weighted by molar-refractivity contribution is -0.149. The number of hydrogen-bond acceptors (Lipinski definition) is 4. The van der Waals surface area contributed by atoms with Crippen molar-refractivity contribution in [1.29, 1.82) is 0 Å². The van der Waals surface area contributed by atoms with Crippen LogP contribution >= 0.6 is 0 Å². The Morgan fingerprint density at radius 1 is 1.03 bits per heavy atom. The summed E-state index contributed by atoms with van der Waals surface area (Å²) in [6.45, 7) is 1.65. The molecular weight excluding hydrogens is 444 g/mol. The van der Waals surface area contributed by atoms with E-state index in [9.17, 15) is 23.5 Å². The van der Waals surface area contributed by atoms with Gasteiger partial charge in [-0.25, -0.2) is 8.78 Å². The number of likely N-dealkylation sites (tertiary alicyclic amines) is 1. The van der Waals surface area contributed by atoms with Crippen molar-refractivity contribution in [2.45, 2.75) is 32.1 Å². The molecule has 1 N–H and O–H groups in total. The van der Waals surface area contributed by atoms with Crippen LogP contribution in [0, 0.1) is 29.4 Å². The highest BCUT2D eigenvalue weighted by Crippen LogP contribution is 2.35. The molecule has 2 aromatic carbocycles. The first-order valence-electron chi connectivity index (χ1n) is 11.6. The van der Waals surface area contributed by atoms with Crippen molar-refractivity contribution in [3.63, 3.8) is 0 Å². The van der Waals surface area contributed by atoms with Gasteiger partial charge in [0.2, 0.25) is 5.91 Å². The molecule has 34 heavy (non-hydrogen) atoms. The molecule has 8 heteroatoms. The summed E-state index contributed by atoms with van der Waals surface area (Å²) in [5, 5.41) is 9.41. The van der Waals surface area contributed by atoms with Crippen molar-refractivity contribution in [2.24, 2.45) is 17.8 Å². The van der Waals surface area contributed by atoms with Crippen molar-refractivity contribution in [1.82, 2.24) is 4.90 Å². The molecule has 2 aromatic rings. The number of carboxylic acid groups (broad SMARTS) is 1. The fourth-order valence-electron chi connectivity index (χ4n) is 5.05. The first-order valence-corrected chi connectivity index (χ1v) is 11.6. The van der Waals surface area contributed by atoms with Crippen LogP contribution in [0.2, 0.25) is 0 Å². The number of hydrogen-bond donors (Lipinski definition) is 1. The zero-order chi connectivity index (χ0) is 24.2. The zero-order valence-electron chi connectivity index (χ0n) is 19.1. The standard InChI is InChI=1S/C26H29F2NO5/c1-33-24-13-23(28)22(27)12-21(24)17-7-9-18(10-8-17)34-15-16-4-3-11-29(14-16)25(30)19-5-2-6-20(19)26(31)32/h7-10,12-13,16,19-20H,2-6,11,14-15H2,1H3,(H,31,32)/t16?,19-,20-/m0/s1. The minimum atomic E-state index is -0.966. The number of rotatable bonds is 7. The van der Waals surface area contributed by atoms with Gasteiger partial charge in [0.05, 0.1) is 25.6 Å². The molecule has 2 fully saturated rings. The average molecular weight is 474 g/mol. The van der Waals surface area contributed by atoms with Crippen LogP contribution in [0.5, 0.6) is 11.5 Å². The van der Waals surface area contributed by atoms with E-state index in [1.807, 2.05) is 4.90 Å². The second kappa shape index (κ2) is 10.4. The minimum Gasteiger partial charge on any atom is -0.496 e. The van der Waals surface area contributed by atoms with E-state index in [1.165, 1.54) is 7.11 Å². The highest BCUT2D eigenvalue weighted by molar-refractivity contribution is 5.85. The van der Waals surface area contributed by atoms with E-state index in [0.29, 0.717) is 49.4 Å². The molecule has 0 radical (unpaired) electrons. The van der Waals surface area contributed by atoms with Gasteiger partial charge in [0.25, 0.3) is 0 Å². The Kier molecular flexibility index (Phi) is 7.34.